The predicted molar refractivity (Wildman–Crippen MR) is 82.9 cm³/mol. The van der Waals surface area contributed by atoms with Crippen LogP contribution in [0.15, 0.2) is 11.1 Å². The Morgan fingerprint density at radius 2 is 1.04 bits per heavy atom. The van der Waals surface area contributed by atoms with E-state index in [0.29, 0.717) is 0 Å². The Kier molecular flexibility index (Phi) is 5.72. The fraction of sp³-hybridized carbons (Fsp3) is 0.625. The van der Waals surface area contributed by atoms with Crippen LogP contribution in [-0.2, 0) is 38.1 Å². The average molecular weight is 375 g/mol. The van der Waals surface area contributed by atoms with Crippen molar-refractivity contribution in [1.82, 2.24) is 0 Å². The molecule has 138 valence electrons. The number of halogens is 1. The van der Waals surface area contributed by atoms with E-state index in [0.717, 1.165) is 0 Å². The largest absolute Gasteiger partial charge is 0.469 e. The van der Waals surface area contributed by atoms with E-state index in [2.05, 4.69) is 0 Å². The van der Waals surface area contributed by atoms with Crippen LogP contribution in [-0.4, -0.2) is 52.3 Å². The molecule has 0 heterocycles. The van der Waals surface area contributed by atoms with Crippen molar-refractivity contribution in [1.29, 1.82) is 0 Å². The van der Waals surface area contributed by atoms with Crippen LogP contribution in [0.4, 0.5) is 0 Å². The molecule has 8 nitrogen and oxygen atoms in total. The fourth-order valence-corrected chi connectivity index (χ4v) is 4.37. The lowest BCUT2D eigenvalue weighted by atomic mass is 9.53. The zero-order valence-corrected chi connectivity index (χ0v) is 14.9. The third-order valence-electron chi connectivity index (χ3n) is 4.94. The van der Waals surface area contributed by atoms with Crippen molar-refractivity contribution in [3.05, 3.63) is 11.1 Å². The highest BCUT2D eigenvalue weighted by Crippen LogP contribution is 2.56. The molecule has 0 spiro atoms. The molecule has 0 aliphatic heterocycles. The number of carbonyl (C=O) groups is 4. The Bertz CT molecular complexity index is 584. The third kappa shape index (κ3) is 2.99. The Labute approximate surface area is 149 Å². The van der Waals surface area contributed by atoms with Gasteiger partial charge in [0.15, 0.2) is 0 Å². The predicted octanol–water partition coefficient (Wildman–Crippen LogP) is 0.525. The molecular weight excluding hydrogens is 356 g/mol. The highest BCUT2D eigenvalue weighted by Gasteiger charge is 2.64. The highest BCUT2D eigenvalue weighted by molar-refractivity contribution is 6.30. The molecule has 0 amide bonds. The number of rotatable bonds is 4. The van der Waals surface area contributed by atoms with E-state index < -0.39 is 59.4 Å². The summed E-state index contributed by atoms with van der Waals surface area (Å²) in [6.07, 6.45) is 1.51. The molecule has 0 saturated heterocycles. The van der Waals surface area contributed by atoms with Gasteiger partial charge in [0.2, 0.25) is 0 Å². The Balaban J connectivity index is 2.65. The van der Waals surface area contributed by atoms with E-state index in [1.165, 1.54) is 34.5 Å². The highest BCUT2D eigenvalue weighted by atomic mass is 35.5. The van der Waals surface area contributed by atoms with Crippen LogP contribution in [0.25, 0.3) is 0 Å². The maximum Gasteiger partial charge on any atom is 0.310 e. The molecule has 25 heavy (non-hydrogen) atoms. The summed E-state index contributed by atoms with van der Waals surface area (Å²) in [6, 6.07) is 0. The van der Waals surface area contributed by atoms with Crippen LogP contribution >= 0.6 is 11.6 Å². The lowest BCUT2D eigenvalue weighted by Crippen LogP contribution is -2.59. The Morgan fingerprint density at radius 1 is 0.720 bits per heavy atom. The van der Waals surface area contributed by atoms with E-state index >= 15 is 0 Å². The Hall–Kier alpha value is -2.09. The summed E-state index contributed by atoms with van der Waals surface area (Å²) in [5.41, 5.74) is 0. The molecule has 4 unspecified atom stereocenters. The van der Waals surface area contributed by atoms with Crippen molar-refractivity contribution in [3.8, 4) is 0 Å². The molecule has 1 saturated carbocycles. The van der Waals surface area contributed by atoms with Crippen LogP contribution in [0, 0.1) is 35.5 Å². The van der Waals surface area contributed by atoms with Gasteiger partial charge in [0.25, 0.3) is 0 Å². The first-order chi connectivity index (χ1) is 11.8. The summed E-state index contributed by atoms with van der Waals surface area (Å²) in [6.45, 7) is 0. The molecule has 2 bridgehead atoms. The molecule has 3 aliphatic carbocycles. The Morgan fingerprint density at radius 3 is 1.36 bits per heavy atom. The average Bonchev–Trinajstić information content (AvgIpc) is 2.63. The first-order valence-corrected chi connectivity index (χ1v) is 7.90. The van der Waals surface area contributed by atoms with Gasteiger partial charge in [-0.2, -0.15) is 0 Å². The minimum absolute atomic E-state index is 0.205. The number of hydrogen-bond acceptors (Lipinski definition) is 8. The lowest BCUT2D eigenvalue weighted by molar-refractivity contribution is -0.182. The summed E-state index contributed by atoms with van der Waals surface area (Å²) in [5, 5.41) is 0.205. The second kappa shape index (κ2) is 7.43. The summed E-state index contributed by atoms with van der Waals surface area (Å²) < 4.78 is 19.2. The van der Waals surface area contributed by atoms with Gasteiger partial charge in [0.1, 0.15) is 0 Å². The van der Waals surface area contributed by atoms with Crippen molar-refractivity contribution in [2.24, 2.45) is 35.5 Å². The second-order valence-corrected chi connectivity index (χ2v) is 6.29. The normalized spacial score (nSPS) is 33.1. The van der Waals surface area contributed by atoms with Crippen molar-refractivity contribution in [2.75, 3.05) is 28.4 Å². The molecule has 0 aromatic rings. The van der Waals surface area contributed by atoms with Gasteiger partial charge in [-0.05, 0) is 0 Å². The topological polar surface area (TPSA) is 105 Å². The van der Waals surface area contributed by atoms with Crippen LogP contribution < -0.4 is 0 Å². The summed E-state index contributed by atoms with van der Waals surface area (Å²) in [5.74, 6) is -8.78. The monoisotopic (exact) mass is 374 g/mol. The third-order valence-corrected chi connectivity index (χ3v) is 5.32. The summed E-state index contributed by atoms with van der Waals surface area (Å²) >= 11 is 6.27. The maximum atomic E-state index is 12.4. The van der Waals surface area contributed by atoms with Crippen LogP contribution in [0.5, 0.6) is 0 Å². The fourth-order valence-electron chi connectivity index (χ4n) is 3.96. The SMILES string of the molecule is COC(=O)C1C2C=C(Cl)C(C1C(=O)OC)C(C(=O)OC)C2C(=O)OC. The molecular formula is C16H19ClO8. The zero-order valence-electron chi connectivity index (χ0n) is 14.2. The number of fused-ring (bicyclic) bond motifs is 2. The van der Waals surface area contributed by atoms with E-state index in [4.69, 9.17) is 30.5 Å². The van der Waals surface area contributed by atoms with Gasteiger partial charge in [0.05, 0.1) is 52.1 Å². The minimum atomic E-state index is -1.06. The minimum Gasteiger partial charge on any atom is -0.469 e. The van der Waals surface area contributed by atoms with E-state index in [-0.39, 0.29) is 5.03 Å². The number of esters is 4. The molecule has 3 aliphatic rings. The van der Waals surface area contributed by atoms with Crippen molar-refractivity contribution >= 4 is 35.5 Å². The molecule has 1 fully saturated rings. The number of allylic oxidation sites excluding steroid dienone is 2. The van der Waals surface area contributed by atoms with E-state index in [1.54, 1.807) is 0 Å². The zero-order chi connectivity index (χ0) is 18.9. The summed E-state index contributed by atoms with van der Waals surface area (Å²) in [7, 11) is 4.69. The van der Waals surface area contributed by atoms with Crippen LogP contribution in [0.2, 0.25) is 0 Å². The molecule has 0 aromatic heterocycles. The molecule has 3 rings (SSSR count). The van der Waals surface area contributed by atoms with E-state index in [9.17, 15) is 19.2 Å². The molecule has 4 atom stereocenters. The van der Waals surface area contributed by atoms with Gasteiger partial charge in [-0.25, -0.2) is 0 Å². The molecule has 0 aromatic carbocycles. The molecule has 9 heteroatoms. The van der Waals surface area contributed by atoms with Crippen molar-refractivity contribution in [2.45, 2.75) is 0 Å². The summed E-state index contributed by atoms with van der Waals surface area (Å²) in [4.78, 5) is 49.4. The van der Waals surface area contributed by atoms with Crippen LogP contribution in [0.3, 0.4) is 0 Å². The molecule has 0 N–H and O–H groups in total. The van der Waals surface area contributed by atoms with Crippen LogP contribution in [0.1, 0.15) is 0 Å². The quantitative estimate of drug-likeness (QED) is 0.518. The number of ether oxygens (including phenoxy) is 4. The number of methoxy groups -OCH3 is 4. The van der Waals surface area contributed by atoms with Gasteiger partial charge in [-0.15, -0.1) is 0 Å². The maximum absolute atomic E-state index is 12.4. The van der Waals surface area contributed by atoms with Gasteiger partial charge in [0, 0.05) is 16.9 Å². The van der Waals surface area contributed by atoms with Gasteiger partial charge < -0.3 is 18.9 Å². The van der Waals surface area contributed by atoms with Gasteiger partial charge in [-0.1, -0.05) is 17.7 Å². The van der Waals surface area contributed by atoms with Gasteiger partial charge >= 0.3 is 23.9 Å². The molecule has 0 radical (unpaired) electrons. The first kappa shape index (κ1) is 19.2. The van der Waals surface area contributed by atoms with Crippen molar-refractivity contribution in [3.63, 3.8) is 0 Å². The standard InChI is InChI=1S/C16H19ClO8/c1-22-13(18)8-6-5-7(17)10(11(8)15(20)24-3)12(16(21)25-4)9(6)14(19)23-2/h5-6,8-12H,1-4H3. The van der Waals surface area contributed by atoms with Gasteiger partial charge in [-0.3, -0.25) is 19.2 Å². The van der Waals surface area contributed by atoms with Crippen molar-refractivity contribution < 1.29 is 38.1 Å². The first-order valence-electron chi connectivity index (χ1n) is 7.52. The second-order valence-electron chi connectivity index (χ2n) is 5.85. The smallest absolute Gasteiger partial charge is 0.310 e. The van der Waals surface area contributed by atoms with E-state index in [1.807, 2.05) is 0 Å². The number of carbonyl (C=O) groups excluding carboxylic acids is 4. The lowest BCUT2D eigenvalue weighted by Gasteiger charge is -2.50. The number of hydrogen-bond donors (Lipinski definition) is 0.